The van der Waals surface area contributed by atoms with Crippen molar-refractivity contribution in [2.75, 3.05) is 18.2 Å². The second-order valence-corrected chi connectivity index (χ2v) is 8.45. The van der Waals surface area contributed by atoms with Crippen molar-refractivity contribution >= 4 is 22.8 Å². The molecule has 1 aliphatic rings. The SMILES string of the molecule is COc1ccc(-c2nc(NC3CCCCC3)nc3nn(Cc4ccccc4)c(N)c23)c(F)c1. The third-order valence-electron chi connectivity index (χ3n) is 6.18. The van der Waals surface area contributed by atoms with Crippen molar-refractivity contribution in [3.8, 4) is 17.0 Å². The average molecular weight is 447 g/mol. The van der Waals surface area contributed by atoms with Crippen LogP contribution in [0.15, 0.2) is 48.5 Å². The standard InChI is InChI=1S/C25H27FN6O/c1-33-18-12-13-19(20(26)14-18)22-21-23(27)32(15-16-8-4-2-5-9-16)31-24(21)30-25(29-22)28-17-10-6-3-7-11-17/h2,4-5,8-9,12-14,17H,3,6-7,10-11,15,27H2,1H3,(H,28,30,31). The van der Waals surface area contributed by atoms with Crippen molar-refractivity contribution in [2.24, 2.45) is 0 Å². The molecule has 0 saturated heterocycles. The van der Waals surface area contributed by atoms with E-state index in [1.165, 1.54) is 32.4 Å². The first kappa shape index (κ1) is 21.2. The van der Waals surface area contributed by atoms with E-state index in [-0.39, 0.29) is 0 Å². The Balaban J connectivity index is 1.63. The molecule has 2 heterocycles. The minimum atomic E-state index is -0.437. The molecule has 0 radical (unpaired) electrons. The summed E-state index contributed by atoms with van der Waals surface area (Å²) in [4.78, 5) is 9.39. The monoisotopic (exact) mass is 446 g/mol. The first-order valence-corrected chi connectivity index (χ1v) is 11.3. The van der Waals surface area contributed by atoms with Crippen LogP contribution < -0.4 is 15.8 Å². The zero-order valence-electron chi connectivity index (χ0n) is 18.6. The molecule has 170 valence electrons. The van der Waals surface area contributed by atoms with Gasteiger partial charge >= 0.3 is 0 Å². The fraction of sp³-hybridized carbons (Fsp3) is 0.320. The Morgan fingerprint density at radius 3 is 2.61 bits per heavy atom. The molecule has 0 amide bonds. The maximum absolute atomic E-state index is 15.1. The molecule has 1 saturated carbocycles. The van der Waals surface area contributed by atoms with Gasteiger partial charge in [-0.15, -0.1) is 5.10 Å². The fourth-order valence-electron chi connectivity index (χ4n) is 4.44. The van der Waals surface area contributed by atoms with Crippen LogP contribution in [0.3, 0.4) is 0 Å². The molecule has 1 fully saturated rings. The highest BCUT2D eigenvalue weighted by atomic mass is 19.1. The number of nitrogens with one attached hydrogen (secondary N) is 1. The van der Waals surface area contributed by atoms with E-state index >= 15 is 4.39 Å². The molecule has 2 aromatic carbocycles. The summed E-state index contributed by atoms with van der Waals surface area (Å²) in [5, 5.41) is 8.65. The van der Waals surface area contributed by atoms with Crippen molar-refractivity contribution in [1.82, 2.24) is 19.7 Å². The number of aromatic nitrogens is 4. The molecule has 3 N–H and O–H groups in total. The quantitative estimate of drug-likeness (QED) is 0.432. The Kier molecular flexibility index (Phi) is 5.81. The lowest BCUT2D eigenvalue weighted by Gasteiger charge is -2.22. The van der Waals surface area contributed by atoms with Gasteiger partial charge in [0.25, 0.3) is 0 Å². The second-order valence-electron chi connectivity index (χ2n) is 8.45. The zero-order valence-corrected chi connectivity index (χ0v) is 18.6. The first-order valence-electron chi connectivity index (χ1n) is 11.3. The van der Waals surface area contributed by atoms with Crippen molar-refractivity contribution in [3.63, 3.8) is 0 Å². The summed E-state index contributed by atoms with van der Waals surface area (Å²) in [6.45, 7) is 0.485. The Morgan fingerprint density at radius 1 is 1.09 bits per heavy atom. The maximum atomic E-state index is 15.1. The van der Waals surface area contributed by atoms with E-state index in [4.69, 9.17) is 15.5 Å². The van der Waals surface area contributed by atoms with Crippen molar-refractivity contribution < 1.29 is 9.13 Å². The lowest BCUT2D eigenvalue weighted by molar-refractivity contribution is 0.411. The van der Waals surface area contributed by atoms with Gasteiger partial charge in [0, 0.05) is 17.7 Å². The first-order chi connectivity index (χ1) is 16.1. The molecule has 0 aliphatic heterocycles. The van der Waals surface area contributed by atoms with Crippen LogP contribution in [-0.4, -0.2) is 32.9 Å². The molecule has 0 spiro atoms. The third kappa shape index (κ3) is 4.33. The van der Waals surface area contributed by atoms with Crippen LogP contribution in [0.2, 0.25) is 0 Å². The van der Waals surface area contributed by atoms with E-state index in [0.29, 0.717) is 52.4 Å². The molecule has 0 unspecified atom stereocenters. The van der Waals surface area contributed by atoms with Crippen molar-refractivity contribution in [3.05, 3.63) is 59.9 Å². The smallest absolute Gasteiger partial charge is 0.225 e. The zero-order chi connectivity index (χ0) is 22.8. The average Bonchev–Trinajstić information content (AvgIpc) is 3.14. The van der Waals surface area contributed by atoms with E-state index < -0.39 is 5.82 Å². The van der Waals surface area contributed by atoms with Crippen molar-refractivity contribution in [2.45, 2.75) is 44.7 Å². The number of methoxy groups -OCH3 is 1. The van der Waals surface area contributed by atoms with Gasteiger partial charge in [-0.1, -0.05) is 49.6 Å². The summed E-state index contributed by atoms with van der Waals surface area (Å²) >= 11 is 0. The van der Waals surface area contributed by atoms with E-state index in [1.54, 1.807) is 16.8 Å². The van der Waals surface area contributed by atoms with E-state index in [2.05, 4.69) is 15.4 Å². The summed E-state index contributed by atoms with van der Waals surface area (Å²) in [5.74, 6) is 0.857. The summed E-state index contributed by atoms with van der Waals surface area (Å²) in [5.41, 5.74) is 8.78. The van der Waals surface area contributed by atoms with E-state index in [9.17, 15) is 0 Å². The second kappa shape index (κ2) is 9.05. The highest BCUT2D eigenvalue weighted by Gasteiger charge is 2.22. The lowest BCUT2D eigenvalue weighted by atomic mass is 9.96. The van der Waals surface area contributed by atoms with E-state index in [1.807, 2.05) is 30.3 Å². The number of benzene rings is 2. The largest absolute Gasteiger partial charge is 0.497 e. The Bertz CT molecular complexity index is 1270. The van der Waals surface area contributed by atoms with Crippen LogP contribution in [0.5, 0.6) is 5.75 Å². The molecular formula is C25H27FN6O. The molecule has 7 nitrogen and oxygen atoms in total. The fourth-order valence-corrected chi connectivity index (χ4v) is 4.44. The topological polar surface area (TPSA) is 90.9 Å². The summed E-state index contributed by atoms with van der Waals surface area (Å²) in [6.07, 6.45) is 5.74. The minimum absolute atomic E-state index is 0.300. The molecular weight excluding hydrogens is 419 g/mol. The maximum Gasteiger partial charge on any atom is 0.225 e. The molecule has 0 bridgehead atoms. The van der Waals surface area contributed by atoms with Gasteiger partial charge in [-0.25, -0.2) is 14.1 Å². The highest BCUT2D eigenvalue weighted by molar-refractivity contribution is 5.99. The van der Waals surface area contributed by atoms with Crippen molar-refractivity contribution in [1.29, 1.82) is 0 Å². The number of hydrogen-bond donors (Lipinski definition) is 2. The third-order valence-corrected chi connectivity index (χ3v) is 6.18. The van der Waals surface area contributed by atoms with Crippen LogP contribution in [-0.2, 0) is 6.54 Å². The van der Waals surface area contributed by atoms with Gasteiger partial charge in [0.1, 0.15) is 17.4 Å². The van der Waals surface area contributed by atoms with Gasteiger partial charge in [-0.3, -0.25) is 0 Å². The number of nitrogens with zero attached hydrogens (tertiary/aromatic N) is 4. The van der Waals surface area contributed by atoms with Crippen LogP contribution in [0.1, 0.15) is 37.7 Å². The van der Waals surface area contributed by atoms with Gasteiger partial charge in [0.2, 0.25) is 5.95 Å². The van der Waals surface area contributed by atoms with Crippen LogP contribution in [0, 0.1) is 5.82 Å². The van der Waals surface area contributed by atoms with Gasteiger partial charge in [-0.2, -0.15) is 4.98 Å². The predicted octanol–water partition coefficient (Wildman–Crippen LogP) is 5.02. The predicted molar refractivity (Wildman–Crippen MR) is 128 cm³/mol. The molecule has 0 atom stereocenters. The Hall–Kier alpha value is -3.68. The lowest BCUT2D eigenvalue weighted by Crippen LogP contribution is -2.23. The number of nitrogens with two attached hydrogens (primary N) is 1. The molecule has 4 aromatic rings. The number of fused-ring (bicyclic) bond motifs is 1. The normalized spacial score (nSPS) is 14.5. The number of hydrogen-bond acceptors (Lipinski definition) is 6. The number of ether oxygens (including phenoxy) is 1. The minimum Gasteiger partial charge on any atom is -0.497 e. The molecule has 5 rings (SSSR count). The van der Waals surface area contributed by atoms with Crippen LogP contribution in [0.25, 0.3) is 22.3 Å². The van der Waals surface area contributed by atoms with E-state index in [0.717, 1.165) is 18.4 Å². The molecule has 8 heteroatoms. The summed E-state index contributed by atoms with van der Waals surface area (Å²) < 4.78 is 22.0. The van der Waals surface area contributed by atoms with Gasteiger partial charge in [0.05, 0.1) is 24.7 Å². The highest BCUT2D eigenvalue weighted by Crippen LogP contribution is 2.35. The molecule has 1 aliphatic carbocycles. The Morgan fingerprint density at radius 2 is 1.88 bits per heavy atom. The van der Waals surface area contributed by atoms with Crippen LogP contribution in [0.4, 0.5) is 16.2 Å². The van der Waals surface area contributed by atoms with Gasteiger partial charge in [0.15, 0.2) is 5.65 Å². The number of nitrogen functional groups attached to an aromatic ring is 1. The Labute approximate surface area is 191 Å². The summed E-state index contributed by atoms with van der Waals surface area (Å²) in [7, 11) is 1.51. The number of halogens is 1. The van der Waals surface area contributed by atoms with Crippen LogP contribution >= 0.6 is 0 Å². The molecule has 2 aromatic heterocycles. The van der Waals surface area contributed by atoms with Gasteiger partial charge < -0.3 is 15.8 Å². The number of rotatable bonds is 6. The van der Waals surface area contributed by atoms with Gasteiger partial charge in [-0.05, 0) is 30.5 Å². The number of anilines is 2. The molecule has 33 heavy (non-hydrogen) atoms. The summed E-state index contributed by atoms with van der Waals surface area (Å²) in [6, 6.07) is 15.0.